The normalized spacial score (nSPS) is 11.2. The van der Waals surface area contributed by atoms with Crippen LogP contribution in [0.1, 0.15) is 19.8 Å². The molecule has 0 bridgehead atoms. The van der Waals surface area contributed by atoms with E-state index < -0.39 is 0 Å². The van der Waals surface area contributed by atoms with Gasteiger partial charge in [0.2, 0.25) is 5.91 Å². The molecule has 5 nitrogen and oxygen atoms in total. The molecule has 0 fully saturated rings. The molecule has 0 aliphatic rings. The first-order valence-corrected chi connectivity index (χ1v) is 5.84. The van der Waals surface area contributed by atoms with Gasteiger partial charge in [-0.05, 0) is 25.5 Å². The van der Waals surface area contributed by atoms with E-state index in [0.717, 1.165) is 0 Å². The minimum atomic E-state index is -0.0844. The van der Waals surface area contributed by atoms with Gasteiger partial charge in [0.15, 0.2) is 0 Å². The molecule has 0 aliphatic heterocycles. The number of rotatable bonds is 6. The summed E-state index contributed by atoms with van der Waals surface area (Å²) in [5, 5.41) is 2.79. The van der Waals surface area contributed by atoms with E-state index in [-0.39, 0.29) is 24.4 Å². The summed E-state index contributed by atoms with van der Waals surface area (Å²) in [6.45, 7) is 1.87. The van der Waals surface area contributed by atoms with Crippen molar-refractivity contribution in [1.82, 2.24) is 0 Å². The van der Waals surface area contributed by atoms with Crippen molar-refractivity contribution in [2.45, 2.75) is 25.8 Å². The average Bonchev–Trinajstić information content (AvgIpc) is 2.36. The molecule has 1 rings (SSSR count). The summed E-state index contributed by atoms with van der Waals surface area (Å²) in [6, 6.07) is 5.27. The zero-order valence-electron chi connectivity index (χ0n) is 11.4. The average molecular weight is 289 g/mol. The van der Waals surface area contributed by atoms with Crippen LogP contribution >= 0.6 is 12.4 Å². The van der Waals surface area contributed by atoms with Gasteiger partial charge in [0.1, 0.15) is 11.5 Å². The van der Waals surface area contributed by atoms with Crippen molar-refractivity contribution < 1.29 is 14.3 Å². The first-order valence-electron chi connectivity index (χ1n) is 5.84. The van der Waals surface area contributed by atoms with Crippen molar-refractivity contribution in [2.75, 3.05) is 19.5 Å². The Balaban J connectivity index is 0.00000324. The van der Waals surface area contributed by atoms with Gasteiger partial charge in [0.25, 0.3) is 0 Å². The number of halogens is 1. The van der Waals surface area contributed by atoms with Gasteiger partial charge in [0.05, 0.1) is 19.9 Å². The lowest BCUT2D eigenvalue weighted by Gasteiger charge is -2.12. The number of carbonyl (C=O) groups excluding carboxylic acids is 1. The first-order chi connectivity index (χ1) is 8.56. The van der Waals surface area contributed by atoms with Crippen molar-refractivity contribution in [1.29, 1.82) is 0 Å². The molecule has 0 saturated heterocycles. The molecule has 1 atom stereocenters. The maximum absolute atomic E-state index is 11.7. The zero-order chi connectivity index (χ0) is 13.5. The first kappa shape index (κ1) is 17.5. The molecule has 1 aromatic carbocycles. The second-order valence-corrected chi connectivity index (χ2v) is 4.13. The molecule has 1 unspecified atom stereocenters. The number of anilines is 1. The standard InChI is InChI=1S/C13H20N2O3.ClH/c1-9(14)4-7-13(16)15-11-8-10(17-2)5-6-12(11)18-3;/h5-6,8-9H,4,7,14H2,1-3H3,(H,15,16);1H. The molecule has 6 heteroatoms. The van der Waals surface area contributed by atoms with Gasteiger partial charge in [-0.25, -0.2) is 0 Å². The molecule has 0 radical (unpaired) electrons. The van der Waals surface area contributed by atoms with Crippen LogP contribution in [0.5, 0.6) is 11.5 Å². The van der Waals surface area contributed by atoms with Crippen LogP contribution in [-0.2, 0) is 4.79 Å². The summed E-state index contributed by atoms with van der Waals surface area (Å²) >= 11 is 0. The minimum absolute atomic E-state index is 0. The topological polar surface area (TPSA) is 73.6 Å². The summed E-state index contributed by atoms with van der Waals surface area (Å²) in [5.41, 5.74) is 6.21. The van der Waals surface area contributed by atoms with Crippen LogP contribution in [0.2, 0.25) is 0 Å². The van der Waals surface area contributed by atoms with E-state index in [0.29, 0.717) is 30.0 Å². The molecule has 0 saturated carbocycles. The summed E-state index contributed by atoms with van der Waals surface area (Å²) in [6.07, 6.45) is 1.04. The van der Waals surface area contributed by atoms with E-state index in [1.54, 1.807) is 32.4 Å². The highest BCUT2D eigenvalue weighted by atomic mass is 35.5. The van der Waals surface area contributed by atoms with E-state index in [2.05, 4.69) is 5.32 Å². The molecule has 0 aromatic heterocycles. The van der Waals surface area contributed by atoms with Crippen molar-refractivity contribution in [3.63, 3.8) is 0 Å². The van der Waals surface area contributed by atoms with Crippen LogP contribution in [0, 0.1) is 0 Å². The van der Waals surface area contributed by atoms with E-state index in [4.69, 9.17) is 15.2 Å². The molecular formula is C13H21ClN2O3. The van der Waals surface area contributed by atoms with Crippen LogP contribution < -0.4 is 20.5 Å². The Morgan fingerprint density at radius 1 is 1.37 bits per heavy atom. The summed E-state index contributed by atoms with van der Waals surface area (Å²) in [7, 11) is 3.13. The summed E-state index contributed by atoms with van der Waals surface area (Å²) in [5.74, 6) is 1.18. The van der Waals surface area contributed by atoms with Gasteiger partial charge in [-0.2, -0.15) is 0 Å². The number of ether oxygens (including phenoxy) is 2. The van der Waals surface area contributed by atoms with Gasteiger partial charge in [-0.3, -0.25) is 4.79 Å². The van der Waals surface area contributed by atoms with E-state index in [1.165, 1.54) is 0 Å². The Hall–Kier alpha value is -1.46. The maximum Gasteiger partial charge on any atom is 0.224 e. The van der Waals surface area contributed by atoms with Gasteiger partial charge >= 0.3 is 0 Å². The lowest BCUT2D eigenvalue weighted by molar-refractivity contribution is -0.116. The number of hydrogen-bond donors (Lipinski definition) is 2. The Morgan fingerprint density at radius 2 is 2.05 bits per heavy atom. The fourth-order valence-electron chi connectivity index (χ4n) is 1.48. The third-order valence-corrected chi connectivity index (χ3v) is 2.51. The number of methoxy groups -OCH3 is 2. The summed E-state index contributed by atoms with van der Waals surface area (Å²) < 4.78 is 10.3. The van der Waals surface area contributed by atoms with E-state index >= 15 is 0 Å². The SMILES string of the molecule is COc1ccc(OC)c(NC(=O)CCC(C)N)c1.Cl. The largest absolute Gasteiger partial charge is 0.497 e. The fourth-order valence-corrected chi connectivity index (χ4v) is 1.48. The monoisotopic (exact) mass is 288 g/mol. The number of benzene rings is 1. The second-order valence-electron chi connectivity index (χ2n) is 4.13. The smallest absolute Gasteiger partial charge is 0.224 e. The third-order valence-electron chi connectivity index (χ3n) is 2.51. The molecule has 0 aliphatic carbocycles. The summed E-state index contributed by atoms with van der Waals surface area (Å²) in [4.78, 5) is 11.7. The lowest BCUT2D eigenvalue weighted by Crippen LogP contribution is -2.19. The number of amides is 1. The fraction of sp³-hybridized carbons (Fsp3) is 0.462. The van der Waals surface area contributed by atoms with Crippen molar-refractivity contribution >= 4 is 24.0 Å². The number of nitrogens with one attached hydrogen (secondary N) is 1. The molecular weight excluding hydrogens is 268 g/mol. The van der Waals surface area contributed by atoms with Crippen molar-refractivity contribution in [2.24, 2.45) is 5.73 Å². The second kappa shape index (κ2) is 8.61. The minimum Gasteiger partial charge on any atom is -0.497 e. The number of nitrogens with two attached hydrogens (primary N) is 1. The van der Waals surface area contributed by atoms with E-state index in [1.807, 2.05) is 6.92 Å². The van der Waals surface area contributed by atoms with Crippen molar-refractivity contribution in [3.8, 4) is 11.5 Å². The van der Waals surface area contributed by atoms with Crippen LogP contribution in [0.4, 0.5) is 5.69 Å². The Morgan fingerprint density at radius 3 is 2.58 bits per heavy atom. The van der Waals surface area contributed by atoms with Crippen molar-refractivity contribution in [3.05, 3.63) is 18.2 Å². The third kappa shape index (κ3) is 5.81. The predicted octanol–water partition coefficient (Wildman–Crippen LogP) is 2.19. The number of hydrogen-bond acceptors (Lipinski definition) is 4. The molecule has 0 spiro atoms. The predicted molar refractivity (Wildman–Crippen MR) is 78.3 cm³/mol. The van der Waals surface area contributed by atoms with Gasteiger partial charge in [-0.1, -0.05) is 0 Å². The molecule has 19 heavy (non-hydrogen) atoms. The molecule has 3 N–H and O–H groups in total. The van der Waals surface area contributed by atoms with Gasteiger partial charge in [0, 0.05) is 18.5 Å². The highest BCUT2D eigenvalue weighted by molar-refractivity contribution is 5.92. The lowest BCUT2D eigenvalue weighted by atomic mass is 10.2. The van der Waals surface area contributed by atoms with Crippen LogP contribution in [0.15, 0.2) is 18.2 Å². The zero-order valence-corrected chi connectivity index (χ0v) is 12.3. The van der Waals surface area contributed by atoms with Crippen LogP contribution in [-0.4, -0.2) is 26.2 Å². The molecule has 0 heterocycles. The van der Waals surface area contributed by atoms with Gasteiger partial charge in [-0.15, -0.1) is 12.4 Å². The quantitative estimate of drug-likeness (QED) is 0.841. The van der Waals surface area contributed by atoms with Crippen LogP contribution in [0.25, 0.3) is 0 Å². The van der Waals surface area contributed by atoms with Gasteiger partial charge < -0.3 is 20.5 Å². The van der Waals surface area contributed by atoms with E-state index in [9.17, 15) is 4.79 Å². The highest BCUT2D eigenvalue weighted by Gasteiger charge is 2.09. The Labute approximate surface area is 119 Å². The maximum atomic E-state index is 11.7. The molecule has 1 amide bonds. The van der Waals surface area contributed by atoms with Crippen LogP contribution in [0.3, 0.4) is 0 Å². The number of carbonyl (C=O) groups is 1. The highest BCUT2D eigenvalue weighted by Crippen LogP contribution is 2.28. The molecule has 108 valence electrons. The molecule has 1 aromatic rings. The Bertz CT molecular complexity index is 411. The Kier molecular flexibility index (Phi) is 7.95.